The van der Waals surface area contributed by atoms with E-state index in [1.807, 2.05) is 53.4 Å². The van der Waals surface area contributed by atoms with E-state index in [0.29, 0.717) is 30.6 Å². The van der Waals surface area contributed by atoms with Crippen molar-refractivity contribution >= 4 is 16.9 Å². The number of hydrogen-bond acceptors (Lipinski definition) is 4. The molecule has 0 saturated carbocycles. The first-order chi connectivity index (χ1) is 13.2. The summed E-state index contributed by atoms with van der Waals surface area (Å²) in [5.74, 6) is 0.221. The number of carbonyl (C=O) groups excluding carboxylic acids is 1. The summed E-state index contributed by atoms with van der Waals surface area (Å²) in [5.41, 5.74) is 3.13. The lowest BCUT2D eigenvalue weighted by molar-refractivity contribution is 0.0468. The average molecular weight is 361 g/mol. The van der Waals surface area contributed by atoms with Crippen molar-refractivity contribution in [2.24, 2.45) is 5.92 Å². The van der Waals surface area contributed by atoms with Crippen molar-refractivity contribution in [3.8, 4) is 0 Å². The van der Waals surface area contributed by atoms with Crippen molar-refractivity contribution in [1.29, 1.82) is 0 Å². The lowest BCUT2D eigenvalue weighted by Crippen LogP contribution is -2.41. The van der Waals surface area contributed by atoms with E-state index in [4.69, 9.17) is 0 Å². The maximum Gasteiger partial charge on any atom is 0.256 e. The monoisotopic (exact) mass is 361 g/mol. The van der Waals surface area contributed by atoms with Crippen LogP contribution in [0.2, 0.25) is 0 Å². The zero-order valence-corrected chi connectivity index (χ0v) is 15.2. The summed E-state index contributed by atoms with van der Waals surface area (Å²) in [6, 6.07) is 15.6. The summed E-state index contributed by atoms with van der Waals surface area (Å²) in [7, 11) is 0. The maximum atomic E-state index is 13.0. The van der Waals surface area contributed by atoms with Crippen LogP contribution in [0.5, 0.6) is 0 Å². The van der Waals surface area contributed by atoms with Crippen LogP contribution in [-0.2, 0) is 6.42 Å². The quantitative estimate of drug-likeness (QED) is 0.775. The van der Waals surface area contributed by atoms with Gasteiger partial charge in [0.05, 0.1) is 17.2 Å². The smallest absolute Gasteiger partial charge is 0.256 e. The van der Waals surface area contributed by atoms with Crippen LogP contribution in [0.1, 0.15) is 28.8 Å². The van der Waals surface area contributed by atoms with E-state index in [2.05, 4.69) is 9.97 Å². The fraction of sp³-hybridized carbons (Fsp3) is 0.318. The summed E-state index contributed by atoms with van der Waals surface area (Å²) in [4.78, 5) is 23.5. The fourth-order valence-electron chi connectivity index (χ4n) is 3.85. The second-order valence-corrected chi connectivity index (χ2v) is 7.12. The molecule has 0 bridgehead atoms. The van der Waals surface area contributed by atoms with E-state index in [1.165, 1.54) is 0 Å². The minimum absolute atomic E-state index is 0.00269. The number of fused-ring (bicyclic) bond motifs is 1. The summed E-state index contributed by atoms with van der Waals surface area (Å²) >= 11 is 0. The molecule has 5 nitrogen and oxygen atoms in total. The first kappa shape index (κ1) is 17.6. The van der Waals surface area contributed by atoms with E-state index < -0.39 is 0 Å². The molecule has 138 valence electrons. The number of nitrogens with zero attached hydrogens (tertiary/aromatic N) is 3. The summed E-state index contributed by atoms with van der Waals surface area (Å²) in [6.07, 6.45) is 5.18. The number of para-hydroxylation sites is 1. The van der Waals surface area contributed by atoms with Crippen molar-refractivity contribution in [3.63, 3.8) is 0 Å². The first-order valence-corrected chi connectivity index (χ1v) is 9.43. The van der Waals surface area contributed by atoms with Crippen molar-refractivity contribution in [2.45, 2.75) is 25.4 Å². The minimum Gasteiger partial charge on any atom is -0.392 e. The van der Waals surface area contributed by atoms with Gasteiger partial charge in [0.25, 0.3) is 5.91 Å². The Balaban J connectivity index is 1.40. The summed E-state index contributed by atoms with van der Waals surface area (Å²) in [5, 5.41) is 10.6. The summed E-state index contributed by atoms with van der Waals surface area (Å²) in [6.45, 7) is 1.32. The van der Waals surface area contributed by atoms with Gasteiger partial charge in [-0.15, -0.1) is 0 Å². The summed E-state index contributed by atoms with van der Waals surface area (Å²) < 4.78 is 0. The van der Waals surface area contributed by atoms with Gasteiger partial charge in [0.1, 0.15) is 5.52 Å². The second kappa shape index (κ2) is 7.84. The SMILES string of the molecule is O=C(c1cccc2nccnc12)N1CCC(C(O)Cc2ccccc2)CC1. The van der Waals surface area contributed by atoms with E-state index in [9.17, 15) is 9.90 Å². The van der Waals surface area contributed by atoms with Crippen LogP contribution in [0.4, 0.5) is 0 Å². The lowest BCUT2D eigenvalue weighted by atomic mass is 9.87. The fourth-order valence-corrected chi connectivity index (χ4v) is 3.85. The van der Waals surface area contributed by atoms with Crippen LogP contribution < -0.4 is 0 Å². The molecule has 1 atom stereocenters. The number of rotatable bonds is 4. The van der Waals surface area contributed by atoms with Gasteiger partial charge in [-0.05, 0) is 42.9 Å². The molecule has 0 spiro atoms. The minimum atomic E-state index is -0.368. The highest BCUT2D eigenvalue weighted by Gasteiger charge is 2.28. The van der Waals surface area contributed by atoms with E-state index in [-0.39, 0.29) is 17.9 Å². The highest BCUT2D eigenvalue weighted by molar-refractivity contribution is 6.04. The number of hydrogen-bond donors (Lipinski definition) is 1. The van der Waals surface area contributed by atoms with Gasteiger partial charge in [0, 0.05) is 25.5 Å². The number of aliphatic hydroxyl groups is 1. The molecule has 1 amide bonds. The van der Waals surface area contributed by atoms with Gasteiger partial charge in [-0.3, -0.25) is 14.8 Å². The number of amides is 1. The molecule has 2 aromatic carbocycles. The van der Waals surface area contributed by atoms with E-state index in [1.54, 1.807) is 12.4 Å². The van der Waals surface area contributed by atoms with Gasteiger partial charge in [0.2, 0.25) is 0 Å². The predicted octanol–water partition coefficient (Wildman–Crippen LogP) is 3.09. The molecule has 1 aromatic heterocycles. The molecule has 1 fully saturated rings. The highest BCUT2D eigenvalue weighted by atomic mass is 16.3. The molecule has 2 heterocycles. The Bertz CT molecular complexity index is 916. The van der Waals surface area contributed by atoms with Crippen LogP contribution in [0.15, 0.2) is 60.9 Å². The van der Waals surface area contributed by atoms with Gasteiger partial charge in [-0.2, -0.15) is 0 Å². The highest BCUT2D eigenvalue weighted by Crippen LogP contribution is 2.25. The molecule has 5 heteroatoms. The Hall–Kier alpha value is -2.79. The van der Waals surface area contributed by atoms with Crippen LogP contribution >= 0.6 is 0 Å². The third-order valence-corrected chi connectivity index (χ3v) is 5.39. The molecule has 1 unspecified atom stereocenters. The molecule has 1 aliphatic heterocycles. The normalized spacial score (nSPS) is 16.4. The molecule has 0 aliphatic carbocycles. The molecular weight excluding hydrogens is 338 g/mol. The number of piperidine rings is 1. The third kappa shape index (κ3) is 3.83. The third-order valence-electron chi connectivity index (χ3n) is 5.39. The van der Waals surface area contributed by atoms with Gasteiger partial charge in [-0.1, -0.05) is 36.4 Å². The number of benzene rings is 2. The standard InChI is InChI=1S/C22H23N3O2/c26-20(15-16-5-2-1-3-6-16)17-9-13-25(14-10-17)22(27)18-7-4-8-19-21(18)24-12-11-23-19/h1-8,11-12,17,20,26H,9-10,13-15H2. The van der Waals surface area contributed by atoms with Crippen molar-refractivity contribution in [3.05, 3.63) is 72.1 Å². The van der Waals surface area contributed by atoms with Crippen molar-refractivity contribution in [2.75, 3.05) is 13.1 Å². The van der Waals surface area contributed by atoms with Crippen LogP contribution in [0.3, 0.4) is 0 Å². The number of carbonyl (C=O) groups is 1. The number of aliphatic hydroxyl groups excluding tert-OH is 1. The molecule has 1 aliphatic rings. The Kier molecular flexibility index (Phi) is 5.12. The Labute approximate surface area is 158 Å². The molecule has 0 radical (unpaired) electrons. The van der Waals surface area contributed by atoms with Gasteiger partial charge < -0.3 is 10.0 Å². The van der Waals surface area contributed by atoms with Crippen molar-refractivity contribution < 1.29 is 9.90 Å². The van der Waals surface area contributed by atoms with Crippen LogP contribution in [0, 0.1) is 5.92 Å². The lowest BCUT2D eigenvalue weighted by Gasteiger charge is -2.34. The maximum absolute atomic E-state index is 13.0. The number of likely N-dealkylation sites (tertiary alicyclic amines) is 1. The largest absolute Gasteiger partial charge is 0.392 e. The van der Waals surface area contributed by atoms with E-state index in [0.717, 1.165) is 23.9 Å². The van der Waals surface area contributed by atoms with Gasteiger partial charge >= 0.3 is 0 Å². The first-order valence-electron chi connectivity index (χ1n) is 9.43. The number of aromatic nitrogens is 2. The Morgan fingerprint density at radius 3 is 2.56 bits per heavy atom. The second-order valence-electron chi connectivity index (χ2n) is 7.12. The van der Waals surface area contributed by atoms with Crippen LogP contribution in [-0.4, -0.2) is 45.1 Å². The molecule has 1 saturated heterocycles. The topological polar surface area (TPSA) is 66.3 Å². The van der Waals surface area contributed by atoms with Crippen molar-refractivity contribution in [1.82, 2.24) is 14.9 Å². The molecule has 1 N–H and O–H groups in total. The zero-order valence-electron chi connectivity index (χ0n) is 15.2. The van der Waals surface area contributed by atoms with Gasteiger partial charge in [-0.25, -0.2) is 0 Å². The molecular formula is C22H23N3O2. The Morgan fingerprint density at radius 2 is 1.78 bits per heavy atom. The van der Waals surface area contributed by atoms with Gasteiger partial charge in [0.15, 0.2) is 0 Å². The Morgan fingerprint density at radius 1 is 1.04 bits per heavy atom. The molecule has 3 aromatic rings. The van der Waals surface area contributed by atoms with E-state index >= 15 is 0 Å². The molecule has 4 rings (SSSR count). The predicted molar refractivity (Wildman–Crippen MR) is 104 cm³/mol. The average Bonchev–Trinajstić information content (AvgIpc) is 2.73. The van der Waals surface area contributed by atoms with Crippen LogP contribution in [0.25, 0.3) is 11.0 Å². The zero-order chi connectivity index (χ0) is 18.6. The molecule has 27 heavy (non-hydrogen) atoms.